The van der Waals surface area contributed by atoms with E-state index in [2.05, 4.69) is 5.32 Å². The lowest BCUT2D eigenvalue weighted by Gasteiger charge is -2.17. The van der Waals surface area contributed by atoms with Crippen molar-refractivity contribution >= 4 is 5.69 Å². The van der Waals surface area contributed by atoms with Gasteiger partial charge in [0.15, 0.2) is 5.79 Å². The molecule has 2 unspecified atom stereocenters. The molecule has 106 valence electrons. The molecule has 1 aromatic rings. The normalized spacial score (nSPS) is 23.3. The van der Waals surface area contributed by atoms with Crippen molar-refractivity contribution < 1.29 is 14.6 Å². The number of anilines is 1. The first-order valence-electron chi connectivity index (χ1n) is 6.80. The highest BCUT2D eigenvalue weighted by atomic mass is 16.7. The zero-order valence-corrected chi connectivity index (χ0v) is 11.8. The van der Waals surface area contributed by atoms with Crippen molar-refractivity contribution in [1.82, 2.24) is 0 Å². The molecule has 4 nitrogen and oxygen atoms in total. The summed E-state index contributed by atoms with van der Waals surface area (Å²) in [4.78, 5) is 0. The molecule has 0 bridgehead atoms. The minimum absolute atomic E-state index is 0.166. The molecule has 1 heterocycles. The van der Waals surface area contributed by atoms with Gasteiger partial charge in [0.1, 0.15) is 0 Å². The van der Waals surface area contributed by atoms with E-state index in [1.54, 1.807) is 6.92 Å². The molecule has 0 amide bonds. The van der Waals surface area contributed by atoms with Gasteiger partial charge in [-0.25, -0.2) is 0 Å². The summed E-state index contributed by atoms with van der Waals surface area (Å²) < 4.78 is 11.3. The lowest BCUT2D eigenvalue weighted by molar-refractivity contribution is -0.138. The third kappa shape index (κ3) is 4.20. The number of aliphatic hydroxyl groups excluding tert-OH is 1. The Kier molecular flexibility index (Phi) is 4.45. The van der Waals surface area contributed by atoms with Gasteiger partial charge in [0.2, 0.25) is 0 Å². The first-order valence-corrected chi connectivity index (χ1v) is 6.80. The number of ether oxygens (including phenoxy) is 2. The van der Waals surface area contributed by atoms with Gasteiger partial charge in [0, 0.05) is 12.2 Å². The molecule has 1 aliphatic rings. The highest BCUT2D eigenvalue weighted by Crippen LogP contribution is 2.24. The summed E-state index contributed by atoms with van der Waals surface area (Å²) in [6.45, 7) is 7.15. The lowest BCUT2D eigenvalue weighted by Crippen LogP contribution is -2.22. The zero-order valence-electron chi connectivity index (χ0n) is 11.8. The van der Waals surface area contributed by atoms with Crippen molar-refractivity contribution in [2.45, 2.75) is 45.2 Å². The molecule has 0 spiro atoms. The Morgan fingerprint density at radius 1 is 1.37 bits per heavy atom. The minimum Gasteiger partial charge on any atom is -0.389 e. The van der Waals surface area contributed by atoms with E-state index in [9.17, 15) is 5.11 Å². The second-order valence-electron chi connectivity index (χ2n) is 5.46. The van der Waals surface area contributed by atoms with Crippen LogP contribution in [0.1, 0.15) is 38.9 Å². The number of hydrogen-bond donors (Lipinski definition) is 2. The smallest absolute Gasteiger partial charge is 0.163 e. The number of nitrogens with one attached hydrogen (secondary N) is 1. The van der Waals surface area contributed by atoms with Crippen LogP contribution >= 0.6 is 0 Å². The van der Waals surface area contributed by atoms with Gasteiger partial charge in [0.25, 0.3) is 0 Å². The van der Waals surface area contributed by atoms with Gasteiger partial charge in [-0.3, -0.25) is 0 Å². The Balaban J connectivity index is 1.74. The molecule has 19 heavy (non-hydrogen) atoms. The maximum atomic E-state index is 9.43. The van der Waals surface area contributed by atoms with Crippen LogP contribution < -0.4 is 5.32 Å². The van der Waals surface area contributed by atoms with Crippen molar-refractivity contribution in [2.75, 3.05) is 18.5 Å². The van der Waals surface area contributed by atoms with E-state index < -0.39 is 11.9 Å². The molecular weight excluding hydrogens is 242 g/mol. The largest absolute Gasteiger partial charge is 0.389 e. The van der Waals surface area contributed by atoms with Crippen LogP contribution in [0.5, 0.6) is 0 Å². The van der Waals surface area contributed by atoms with E-state index in [0.717, 1.165) is 24.2 Å². The molecule has 1 aromatic carbocycles. The summed E-state index contributed by atoms with van der Waals surface area (Å²) >= 11 is 0. The molecule has 1 aliphatic heterocycles. The monoisotopic (exact) mass is 265 g/mol. The molecular formula is C15H23NO3. The van der Waals surface area contributed by atoms with E-state index in [1.807, 2.05) is 38.1 Å². The summed E-state index contributed by atoms with van der Waals surface area (Å²) in [5.41, 5.74) is 1.99. The number of hydrogen-bond acceptors (Lipinski definition) is 4. The third-order valence-corrected chi connectivity index (χ3v) is 3.26. The van der Waals surface area contributed by atoms with Crippen molar-refractivity contribution in [3.8, 4) is 0 Å². The van der Waals surface area contributed by atoms with Crippen molar-refractivity contribution in [3.05, 3.63) is 29.8 Å². The Bertz CT molecular complexity index is 400. The summed E-state index contributed by atoms with van der Waals surface area (Å²) in [6.07, 6.45) is 0.668. The van der Waals surface area contributed by atoms with E-state index in [-0.39, 0.29) is 6.10 Å². The van der Waals surface area contributed by atoms with Crippen LogP contribution in [0.3, 0.4) is 0 Å². The van der Waals surface area contributed by atoms with Crippen LogP contribution in [0.4, 0.5) is 5.69 Å². The third-order valence-electron chi connectivity index (χ3n) is 3.26. The number of aliphatic hydroxyl groups is 1. The summed E-state index contributed by atoms with van der Waals surface area (Å²) in [7, 11) is 0. The Hall–Kier alpha value is -1.10. The molecule has 0 saturated carbocycles. The van der Waals surface area contributed by atoms with Crippen molar-refractivity contribution in [3.63, 3.8) is 0 Å². The second kappa shape index (κ2) is 5.90. The zero-order chi connectivity index (χ0) is 13.9. The van der Waals surface area contributed by atoms with Gasteiger partial charge in [-0.05, 0) is 44.9 Å². The summed E-state index contributed by atoms with van der Waals surface area (Å²) in [6, 6.07) is 7.84. The van der Waals surface area contributed by atoms with Crippen molar-refractivity contribution in [1.29, 1.82) is 0 Å². The van der Waals surface area contributed by atoms with Crippen molar-refractivity contribution in [2.24, 2.45) is 0 Å². The Labute approximate surface area is 114 Å². The van der Waals surface area contributed by atoms with E-state index >= 15 is 0 Å². The highest BCUT2D eigenvalue weighted by molar-refractivity contribution is 5.44. The van der Waals surface area contributed by atoms with E-state index in [4.69, 9.17) is 9.47 Å². The molecule has 4 heteroatoms. The molecule has 2 atom stereocenters. The number of benzene rings is 1. The maximum absolute atomic E-state index is 9.43. The molecule has 0 aromatic heterocycles. The van der Waals surface area contributed by atoms with Gasteiger partial charge in [-0.1, -0.05) is 12.1 Å². The molecule has 1 saturated heterocycles. The van der Waals surface area contributed by atoms with Crippen LogP contribution in [-0.2, 0) is 9.47 Å². The Morgan fingerprint density at radius 3 is 2.58 bits per heavy atom. The summed E-state index contributed by atoms with van der Waals surface area (Å²) in [5.74, 6) is -0.441. The quantitative estimate of drug-likeness (QED) is 0.859. The van der Waals surface area contributed by atoms with Gasteiger partial charge in [-0.2, -0.15) is 0 Å². The first kappa shape index (κ1) is 14.3. The molecule has 0 radical (unpaired) electrons. The fraction of sp³-hybridized carbons (Fsp3) is 0.600. The van der Waals surface area contributed by atoms with E-state index in [1.165, 1.54) is 0 Å². The van der Waals surface area contributed by atoms with Crippen LogP contribution in [0.2, 0.25) is 0 Å². The topological polar surface area (TPSA) is 50.7 Å². The van der Waals surface area contributed by atoms with E-state index in [0.29, 0.717) is 6.61 Å². The highest BCUT2D eigenvalue weighted by Gasteiger charge is 2.31. The fourth-order valence-electron chi connectivity index (χ4n) is 2.16. The average Bonchev–Trinajstić information content (AvgIpc) is 2.69. The molecule has 0 aliphatic carbocycles. The predicted molar refractivity (Wildman–Crippen MR) is 75.1 cm³/mol. The average molecular weight is 265 g/mol. The minimum atomic E-state index is -0.441. The SMILES string of the molecule is CC(O)c1ccc(NCCC2COC(C)(C)O2)cc1. The van der Waals surface area contributed by atoms with Gasteiger partial charge in [0.05, 0.1) is 18.8 Å². The van der Waals surface area contributed by atoms with Gasteiger partial charge < -0.3 is 19.9 Å². The first-order chi connectivity index (χ1) is 8.96. The molecule has 1 fully saturated rings. The fourth-order valence-corrected chi connectivity index (χ4v) is 2.16. The lowest BCUT2D eigenvalue weighted by atomic mass is 10.1. The Morgan fingerprint density at radius 2 is 2.05 bits per heavy atom. The van der Waals surface area contributed by atoms with Crippen LogP contribution in [-0.4, -0.2) is 30.1 Å². The molecule has 2 rings (SSSR count). The van der Waals surface area contributed by atoms with Gasteiger partial charge >= 0.3 is 0 Å². The van der Waals surface area contributed by atoms with Crippen LogP contribution in [0.25, 0.3) is 0 Å². The predicted octanol–water partition coefficient (Wildman–Crippen LogP) is 2.69. The number of rotatable bonds is 5. The summed E-state index contributed by atoms with van der Waals surface area (Å²) in [5, 5.41) is 12.8. The van der Waals surface area contributed by atoms with Crippen LogP contribution in [0, 0.1) is 0 Å². The van der Waals surface area contributed by atoms with Gasteiger partial charge in [-0.15, -0.1) is 0 Å². The standard InChI is InChI=1S/C15H23NO3/c1-11(17)12-4-6-13(7-5-12)16-9-8-14-10-18-15(2,3)19-14/h4-7,11,14,16-17H,8-10H2,1-3H3. The maximum Gasteiger partial charge on any atom is 0.163 e. The molecule has 2 N–H and O–H groups in total. The van der Waals surface area contributed by atoms with Crippen LogP contribution in [0.15, 0.2) is 24.3 Å². The second-order valence-corrected chi connectivity index (χ2v) is 5.46.